The van der Waals surface area contributed by atoms with E-state index in [1.807, 2.05) is 13.1 Å². The van der Waals surface area contributed by atoms with Crippen LogP contribution in [0.5, 0.6) is 0 Å². The van der Waals surface area contributed by atoms with Gasteiger partial charge in [0.05, 0.1) is 11.1 Å². The van der Waals surface area contributed by atoms with E-state index in [0.29, 0.717) is 0 Å². The fraction of sp³-hybridized carbons (Fsp3) is 0.348. The molecule has 0 aliphatic carbocycles. The van der Waals surface area contributed by atoms with Gasteiger partial charge in [-0.05, 0) is 53.8 Å². The molecule has 1 aromatic heterocycles. The Balaban J connectivity index is 1.76. The fourth-order valence-corrected chi connectivity index (χ4v) is 5.18. The minimum absolute atomic E-state index is 0.00694. The van der Waals surface area contributed by atoms with Crippen LogP contribution in [0.15, 0.2) is 63.1 Å². The molecule has 0 radical (unpaired) electrons. The van der Waals surface area contributed by atoms with Gasteiger partial charge in [-0.3, -0.25) is 4.79 Å². The number of ether oxygens (including phenoxy) is 2. The molecule has 1 aliphatic heterocycles. The maximum Gasteiger partial charge on any atom is 0.250 e. The smallest absolute Gasteiger partial charge is 0.250 e. The summed E-state index contributed by atoms with van der Waals surface area (Å²) in [5.41, 5.74) is 3.07. The van der Waals surface area contributed by atoms with Gasteiger partial charge in [-0.2, -0.15) is 0 Å². The van der Waals surface area contributed by atoms with Crippen molar-refractivity contribution in [3.63, 3.8) is 0 Å². The molecule has 1 fully saturated rings. The summed E-state index contributed by atoms with van der Waals surface area (Å²) >= 11 is 1.69. The highest BCUT2D eigenvalue weighted by molar-refractivity contribution is 7.99. The minimum atomic E-state index is -0.281. The Bertz CT molecular complexity index is 1070. The Kier molecular flexibility index (Phi) is 5.32. The summed E-state index contributed by atoms with van der Waals surface area (Å²) in [5, 5.41) is 1.08. The van der Waals surface area contributed by atoms with Crippen molar-refractivity contribution in [2.45, 2.75) is 35.2 Å². The summed E-state index contributed by atoms with van der Waals surface area (Å²) in [6.45, 7) is 3.53. The summed E-state index contributed by atoms with van der Waals surface area (Å²) in [7, 11) is 3.62. The average molecular weight is 396 g/mol. The summed E-state index contributed by atoms with van der Waals surface area (Å²) in [6, 6.07) is 16.4. The molecule has 146 valence electrons. The summed E-state index contributed by atoms with van der Waals surface area (Å²) < 4.78 is 13.2. The van der Waals surface area contributed by atoms with E-state index in [1.54, 1.807) is 29.5 Å². The Hall–Kier alpha value is -2.08. The van der Waals surface area contributed by atoms with Gasteiger partial charge in [0.15, 0.2) is 0 Å². The first kappa shape index (κ1) is 19.2. The van der Waals surface area contributed by atoms with Crippen molar-refractivity contribution in [2.75, 3.05) is 20.3 Å². The van der Waals surface area contributed by atoms with Crippen molar-refractivity contribution in [1.29, 1.82) is 0 Å². The predicted molar refractivity (Wildman–Crippen MR) is 113 cm³/mol. The highest BCUT2D eigenvalue weighted by atomic mass is 32.2. The zero-order chi connectivity index (χ0) is 19.7. The summed E-state index contributed by atoms with van der Waals surface area (Å²) in [4.78, 5) is 14.4. The van der Waals surface area contributed by atoms with Gasteiger partial charge in [0.2, 0.25) is 0 Å². The van der Waals surface area contributed by atoms with Gasteiger partial charge in [-0.25, -0.2) is 0 Å². The second kappa shape index (κ2) is 7.74. The van der Waals surface area contributed by atoms with Gasteiger partial charge >= 0.3 is 0 Å². The number of aromatic nitrogens is 1. The van der Waals surface area contributed by atoms with Crippen LogP contribution in [0, 0.1) is 6.92 Å². The molecular formula is C23H25NO3S. The first-order valence-corrected chi connectivity index (χ1v) is 10.4. The average Bonchev–Trinajstić information content (AvgIpc) is 2.71. The summed E-state index contributed by atoms with van der Waals surface area (Å²) in [5.74, 6) is 0. The largest absolute Gasteiger partial charge is 0.381 e. The van der Waals surface area contributed by atoms with Gasteiger partial charge in [0.25, 0.3) is 5.56 Å². The van der Waals surface area contributed by atoms with Crippen molar-refractivity contribution in [3.05, 3.63) is 70.0 Å². The number of pyridine rings is 1. The molecule has 2 aromatic carbocycles. The van der Waals surface area contributed by atoms with Crippen LogP contribution in [0.1, 0.15) is 24.0 Å². The molecule has 0 saturated carbocycles. The standard InChI is InChI=1S/C23H25NO3S/c1-16-13-17-7-8-21(25)24(2)22(17)20(14-16)28-19-6-4-5-18(15-19)23(26-3)9-11-27-12-10-23/h4-8,13-15H,9-12H2,1-3H3. The number of fused-ring (bicyclic) bond motifs is 1. The molecule has 0 N–H and O–H groups in total. The van der Waals surface area contributed by atoms with E-state index in [9.17, 15) is 4.79 Å². The third-order valence-corrected chi connectivity index (χ3v) is 6.62. The Morgan fingerprint density at radius 2 is 1.89 bits per heavy atom. The fourth-order valence-electron chi connectivity index (χ4n) is 4.00. The SMILES string of the molecule is COC1(c2cccc(Sc3cc(C)cc4ccc(=O)n(C)c34)c2)CCOCC1. The third kappa shape index (κ3) is 3.50. The van der Waals surface area contributed by atoms with E-state index in [1.165, 1.54) is 11.1 Å². The highest BCUT2D eigenvalue weighted by Crippen LogP contribution is 2.39. The van der Waals surface area contributed by atoms with Crippen LogP contribution in [0.3, 0.4) is 0 Å². The number of nitrogens with zero attached hydrogens (tertiary/aromatic N) is 1. The first-order valence-electron chi connectivity index (χ1n) is 9.54. The normalized spacial score (nSPS) is 16.4. The lowest BCUT2D eigenvalue weighted by molar-refractivity contribution is -0.0948. The quantitative estimate of drug-likeness (QED) is 0.645. The van der Waals surface area contributed by atoms with Crippen LogP contribution in [-0.2, 0) is 22.1 Å². The van der Waals surface area contributed by atoms with Crippen LogP contribution >= 0.6 is 11.8 Å². The van der Waals surface area contributed by atoms with Gasteiger partial charge in [0, 0.05) is 56.1 Å². The Morgan fingerprint density at radius 1 is 1.11 bits per heavy atom. The van der Waals surface area contributed by atoms with E-state index in [-0.39, 0.29) is 11.2 Å². The topological polar surface area (TPSA) is 40.5 Å². The maximum absolute atomic E-state index is 12.2. The Labute approximate surface area is 169 Å². The van der Waals surface area contributed by atoms with Crippen LogP contribution in [0.4, 0.5) is 0 Å². The highest BCUT2D eigenvalue weighted by Gasteiger charge is 2.34. The van der Waals surface area contributed by atoms with Crippen LogP contribution in [0.2, 0.25) is 0 Å². The lowest BCUT2D eigenvalue weighted by Crippen LogP contribution is -2.35. The van der Waals surface area contributed by atoms with E-state index in [2.05, 4.69) is 43.3 Å². The van der Waals surface area contributed by atoms with Gasteiger partial charge < -0.3 is 14.0 Å². The molecule has 0 bridgehead atoms. The van der Waals surface area contributed by atoms with Crippen LogP contribution < -0.4 is 5.56 Å². The molecule has 5 heteroatoms. The second-order valence-corrected chi connectivity index (χ2v) is 8.49. The third-order valence-electron chi connectivity index (χ3n) is 5.60. The summed E-state index contributed by atoms with van der Waals surface area (Å²) in [6.07, 6.45) is 1.72. The number of hydrogen-bond acceptors (Lipinski definition) is 4. The molecule has 0 atom stereocenters. The first-order chi connectivity index (χ1) is 13.5. The van der Waals surface area contributed by atoms with Crippen molar-refractivity contribution >= 4 is 22.7 Å². The van der Waals surface area contributed by atoms with Gasteiger partial charge in [-0.15, -0.1) is 0 Å². The van der Waals surface area contributed by atoms with E-state index >= 15 is 0 Å². The van der Waals surface area contributed by atoms with Crippen molar-refractivity contribution < 1.29 is 9.47 Å². The van der Waals surface area contributed by atoms with Gasteiger partial charge in [-0.1, -0.05) is 23.9 Å². The van der Waals surface area contributed by atoms with Crippen LogP contribution in [-0.4, -0.2) is 24.9 Å². The number of aryl methyl sites for hydroxylation is 2. The van der Waals surface area contributed by atoms with E-state index in [0.717, 1.165) is 46.7 Å². The van der Waals surface area contributed by atoms with Crippen molar-refractivity contribution in [3.8, 4) is 0 Å². The molecule has 1 saturated heterocycles. The van der Waals surface area contributed by atoms with Crippen LogP contribution in [0.25, 0.3) is 10.9 Å². The molecule has 3 aromatic rings. The molecule has 28 heavy (non-hydrogen) atoms. The van der Waals surface area contributed by atoms with Crippen molar-refractivity contribution in [2.24, 2.45) is 7.05 Å². The Morgan fingerprint density at radius 3 is 2.64 bits per heavy atom. The molecule has 0 amide bonds. The zero-order valence-corrected chi connectivity index (χ0v) is 17.3. The number of benzene rings is 2. The number of methoxy groups -OCH3 is 1. The lowest BCUT2D eigenvalue weighted by Gasteiger charge is -2.36. The molecule has 4 rings (SSSR count). The molecular weight excluding hydrogens is 370 g/mol. The maximum atomic E-state index is 12.2. The molecule has 4 nitrogen and oxygen atoms in total. The number of rotatable bonds is 4. The molecule has 2 heterocycles. The second-order valence-electron chi connectivity index (χ2n) is 7.37. The lowest BCUT2D eigenvalue weighted by atomic mass is 9.86. The van der Waals surface area contributed by atoms with Gasteiger partial charge in [0.1, 0.15) is 0 Å². The van der Waals surface area contributed by atoms with E-state index < -0.39 is 0 Å². The minimum Gasteiger partial charge on any atom is -0.381 e. The predicted octanol–water partition coefficient (Wildman–Crippen LogP) is 4.65. The number of hydrogen-bond donors (Lipinski definition) is 0. The molecule has 0 unspecified atom stereocenters. The van der Waals surface area contributed by atoms with Crippen molar-refractivity contribution in [1.82, 2.24) is 4.57 Å². The van der Waals surface area contributed by atoms with E-state index in [4.69, 9.17) is 9.47 Å². The molecule has 1 aliphatic rings. The molecule has 0 spiro atoms. The monoisotopic (exact) mass is 395 g/mol. The zero-order valence-electron chi connectivity index (χ0n) is 16.5.